The van der Waals surface area contributed by atoms with Crippen molar-refractivity contribution in [1.29, 1.82) is 0 Å². The lowest BCUT2D eigenvalue weighted by atomic mass is 9.71. The number of carbonyl (C=O) groups excluding carboxylic acids is 1. The zero-order chi connectivity index (χ0) is 19.3. The number of hydrogen-bond donors (Lipinski definition) is 2. The molecule has 2 aromatic rings. The van der Waals surface area contributed by atoms with E-state index in [4.69, 9.17) is 4.74 Å². The Morgan fingerprint density at radius 3 is 2.56 bits per heavy atom. The minimum absolute atomic E-state index is 0.124. The maximum absolute atomic E-state index is 12.8. The molecule has 1 fully saturated rings. The Morgan fingerprint density at radius 1 is 1.22 bits per heavy atom. The lowest BCUT2D eigenvalue weighted by Crippen LogP contribution is -2.50. The summed E-state index contributed by atoms with van der Waals surface area (Å²) in [6.07, 6.45) is 2.76. The molecule has 0 spiro atoms. The van der Waals surface area contributed by atoms with E-state index >= 15 is 0 Å². The van der Waals surface area contributed by atoms with Gasteiger partial charge in [-0.15, -0.1) is 0 Å². The van der Waals surface area contributed by atoms with Gasteiger partial charge in [-0.25, -0.2) is 0 Å². The number of nitrogens with zero attached hydrogens (tertiary/aromatic N) is 1. The van der Waals surface area contributed by atoms with Gasteiger partial charge in [-0.1, -0.05) is 30.3 Å². The molecule has 0 saturated heterocycles. The van der Waals surface area contributed by atoms with Gasteiger partial charge in [-0.3, -0.25) is 14.9 Å². The quantitative estimate of drug-likeness (QED) is 0.422. The van der Waals surface area contributed by atoms with Crippen LogP contribution in [0.2, 0.25) is 0 Å². The average molecular weight is 369 g/mol. The van der Waals surface area contributed by atoms with Crippen molar-refractivity contribution in [1.82, 2.24) is 5.32 Å². The number of nitrogens with one attached hydrogen (secondary N) is 2. The fourth-order valence-corrected chi connectivity index (χ4v) is 3.32. The van der Waals surface area contributed by atoms with E-state index in [0.717, 1.165) is 24.8 Å². The fraction of sp³-hybridized carbons (Fsp3) is 0.350. The number of ether oxygens (including phenoxy) is 1. The molecule has 0 aliphatic heterocycles. The van der Waals surface area contributed by atoms with Crippen molar-refractivity contribution < 1.29 is 14.5 Å². The van der Waals surface area contributed by atoms with Crippen molar-refractivity contribution in [3.8, 4) is 0 Å². The minimum atomic E-state index is -0.484. The van der Waals surface area contributed by atoms with Gasteiger partial charge in [-0.2, -0.15) is 0 Å². The number of methoxy groups -OCH3 is 1. The van der Waals surface area contributed by atoms with Crippen LogP contribution in [0.15, 0.2) is 48.5 Å². The second-order valence-electron chi connectivity index (χ2n) is 6.66. The first kappa shape index (κ1) is 18.8. The maximum atomic E-state index is 12.8. The van der Waals surface area contributed by atoms with Gasteiger partial charge < -0.3 is 15.4 Å². The van der Waals surface area contributed by atoms with Gasteiger partial charge in [0.15, 0.2) is 0 Å². The number of rotatable bonds is 8. The summed E-state index contributed by atoms with van der Waals surface area (Å²) in [6, 6.07) is 14.3. The van der Waals surface area contributed by atoms with E-state index in [-0.39, 0.29) is 22.7 Å². The summed E-state index contributed by atoms with van der Waals surface area (Å²) >= 11 is 0. The normalized spacial score (nSPS) is 14.9. The van der Waals surface area contributed by atoms with Gasteiger partial charge in [0.05, 0.1) is 17.1 Å². The number of anilines is 1. The third kappa shape index (κ3) is 4.09. The fourth-order valence-electron chi connectivity index (χ4n) is 3.32. The Hall–Kier alpha value is -2.93. The summed E-state index contributed by atoms with van der Waals surface area (Å²) < 4.78 is 4.95. The number of carbonyl (C=O) groups is 1. The van der Waals surface area contributed by atoms with E-state index in [1.54, 1.807) is 19.2 Å². The number of nitro benzene ring substituents is 1. The third-order valence-electron chi connectivity index (χ3n) is 4.96. The summed E-state index contributed by atoms with van der Waals surface area (Å²) in [7, 11) is 1.56. The summed E-state index contributed by atoms with van der Waals surface area (Å²) in [4.78, 5) is 23.7. The average Bonchev–Trinajstić information content (AvgIpc) is 2.65. The van der Waals surface area contributed by atoms with Gasteiger partial charge in [0.25, 0.3) is 11.6 Å². The third-order valence-corrected chi connectivity index (χ3v) is 4.96. The molecule has 1 aliphatic carbocycles. The number of benzene rings is 2. The standard InChI is InChI=1S/C20H23N3O4/c1-27-13-12-21-17-9-8-15(14-18(17)23(25)26)19(24)22-20(10-5-11-20)16-6-3-2-4-7-16/h2-4,6-9,14,21H,5,10-13H2,1H3,(H,22,24). The molecule has 7 nitrogen and oxygen atoms in total. The highest BCUT2D eigenvalue weighted by atomic mass is 16.6. The lowest BCUT2D eigenvalue weighted by Gasteiger charge is -2.43. The zero-order valence-electron chi connectivity index (χ0n) is 15.2. The Bertz CT molecular complexity index is 819. The van der Waals surface area contributed by atoms with Crippen molar-refractivity contribution in [2.45, 2.75) is 24.8 Å². The van der Waals surface area contributed by atoms with Crippen molar-refractivity contribution in [3.63, 3.8) is 0 Å². The highest BCUT2D eigenvalue weighted by Gasteiger charge is 2.40. The monoisotopic (exact) mass is 369 g/mol. The Labute approximate surface area is 157 Å². The van der Waals surface area contributed by atoms with E-state index < -0.39 is 4.92 Å². The van der Waals surface area contributed by atoms with Gasteiger partial charge in [0.1, 0.15) is 5.69 Å². The Morgan fingerprint density at radius 2 is 1.96 bits per heavy atom. The molecule has 1 amide bonds. The molecular weight excluding hydrogens is 346 g/mol. The highest BCUT2D eigenvalue weighted by Crippen LogP contribution is 2.41. The van der Waals surface area contributed by atoms with E-state index in [9.17, 15) is 14.9 Å². The molecule has 142 valence electrons. The van der Waals surface area contributed by atoms with Crippen LogP contribution in [0.1, 0.15) is 35.2 Å². The summed E-state index contributed by atoms with van der Waals surface area (Å²) in [5.41, 5.74) is 1.21. The minimum Gasteiger partial charge on any atom is -0.383 e. The molecule has 1 aliphatic rings. The van der Waals surface area contributed by atoms with Crippen LogP contribution < -0.4 is 10.6 Å². The number of nitro groups is 1. The SMILES string of the molecule is COCCNc1ccc(C(=O)NC2(c3ccccc3)CCC2)cc1[N+](=O)[O-]. The van der Waals surface area contributed by atoms with Crippen LogP contribution in [0.4, 0.5) is 11.4 Å². The van der Waals surface area contributed by atoms with Crippen molar-refractivity contribution in [3.05, 3.63) is 69.8 Å². The molecule has 0 radical (unpaired) electrons. The summed E-state index contributed by atoms with van der Waals surface area (Å²) in [5.74, 6) is -0.301. The Kier molecular flexibility index (Phi) is 5.71. The van der Waals surface area contributed by atoms with Gasteiger partial charge >= 0.3 is 0 Å². The molecule has 2 aromatic carbocycles. The molecule has 7 heteroatoms. The van der Waals surface area contributed by atoms with Crippen LogP contribution in [0.25, 0.3) is 0 Å². The van der Waals surface area contributed by atoms with Crippen molar-refractivity contribution in [2.24, 2.45) is 0 Å². The van der Waals surface area contributed by atoms with Crippen LogP contribution in [-0.2, 0) is 10.3 Å². The van der Waals surface area contributed by atoms with E-state index in [2.05, 4.69) is 10.6 Å². The molecular formula is C20H23N3O4. The van der Waals surface area contributed by atoms with Gasteiger partial charge in [-0.05, 0) is 37.0 Å². The molecule has 0 aromatic heterocycles. The van der Waals surface area contributed by atoms with E-state index in [1.807, 2.05) is 30.3 Å². The zero-order valence-corrected chi connectivity index (χ0v) is 15.2. The summed E-state index contributed by atoms with van der Waals surface area (Å²) in [5, 5.41) is 17.5. The van der Waals surface area contributed by atoms with Crippen LogP contribution in [0.5, 0.6) is 0 Å². The molecule has 1 saturated carbocycles. The van der Waals surface area contributed by atoms with Gasteiger partial charge in [0.2, 0.25) is 0 Å². The molecule has 2 N–H and O–H groups in total. The number of amides is 1. The smallest absolute Gasteiger partial charge is 0.293 e. The van der Waals surface area contributed by atoms with Crippen LogP contribution in [0, 0.1) is 10.1 Å². The summed E-state index contributed by atoms with van der Waals surface area (Å²) in [6.45, 7) is 0.874. The molecule has 27 heavy (non-hydrogen) atoms. The van der Waals surface area contributed by atoms with Crippen LogP contribution in [-0.4, -0.2) is 31.1 Å². The van der Waals surface area contributed by atoms with Crippen LogP contribution in [0.3, 0.4) is 0 Å². The number of hydrogen-bond acceptors (Lipinski definition) is 5. The van der Waals surface area contributed by atoms with Crippen LogP contribution >= 0.6 is 0 Å². The molecule has 0 atom stereocenters. The lowest BCUT2D eigenvalue weighted by molar-refractivity contribution is -0.384. The Balaban J connectivity index is 1.80. The predicted octanol–water partition coefficient (Wildman–Crippen LogP) is 3.46. The first-order valence-electron chi connectivity index (χ1n) is 8.95. The first-order chi connectivity index (χ1) is 13.1. The molecule has 0 heterocycles. The van der Waals surface area contributed by atoms with E-state index in [0.29, 0.717) is 18.8 Å². The second kappa shape index (κ2) is 8.18. The topological polar surface area (TPSA) is 93.5 Å². The maximum Gasteiger partial charge on any atom is 0.293 e. The largest absolute Gasteiger partial charge is 0.383 e. The molecule has 0 unspecified atom stereocenters. The van der Waals surface area contributed by atoms with E-state index in [1.165, 1.54) is 6.07 Å². The highest BCUT2D eigenvalue weighted by molar-refractivity contribution is 5.96. The molecule has 3 rings (SSSR count). The van der Waals surface area contributed by atoms with Crippen molar-refractivity contribution in [2.75, 3.05) is 25.6 Å². The first-order valence-corrected chi connectivity index (χ1v) is 8.95. The second-order valence-corrected chi connectivity index (χ2v) is 6.66. The molecule has 0 bridgehead atoms. The van der Waals surface area contributed by atoms with Crippen molar-refractivity contribution >= 4 is 17.3 Å². The predicted molar refractivity (Wildman–Crippen MR) is 103 cm³/mol. The van der Waals surface area contributed by atoms with Gasteiger partial charge in [0, 0.05) is 25.3 Å².